The number of carbonyl (C=O) groups is 7. The molecule has 4 saturated heterocycles. The van der Waals surface area contributed by atoms with Gasteiger partial charge >= 0.3 is 24.2 Å². The molecule has 8 amide bonds. The van der Waals surface area contributed by atoms with Crippen LogP contribution in [0.25, 0.3) is 0 Å². The summed E-state index contributed by atoms with van der Waals surface area (Å²) in [6.07, 6.45) is 39.7. The average Bonchev–Trinajstić information content (AvgIpc) is 0.922. The van der Waals surface area contributed by atoms with E-state index in [1.807, 2.05) is 25.7 Å². The molecule has 24 bridgehead atoms. The Balaban J connectivity index is 0.000000124. The summed E-state index contributed by atoms with van der Waals surface area (Å²) in [4.78, 5) is 112. The number of pyridine rings is 4. The van der Waals surface area contributed by atoms with Crippen LogP contribution in [0.1, 0.15) is 283 Å². The van der Waals surface area contributed by atoms with Gasteiger partial charge < -0.3 is 71.5 Å². The zero-order valence-corrected chi connectivity index (χ0v) is 85.7. The molecule has 10 N–H and O–H groups in total. The largest absolute Gasteiger partial charge is 0.444 e. The summed E-state index contributed by atoms with van der Waals surface area (Å²) < 4.78 is 66.7. The van der Waals surface area contributed by atoms with Crippen LogP contribution in [0.15, 0.2) is 70.7 Å². The van der Waals surface area contributed by atoms with E-state index in [0.717, 1.165) is 162 Å². The molecule has 22 aliphatic rings. The Bertz CT molecular complexity index is 5190. The summed E-state index contributed by atoms with van der Waals surface area (Å²) in [5.74, 6) is 13.2. The van der Waals surface area contributed by atoms with Crippen LogP contribution in [-0.2, 0) is 34.3 Å². The molecule has 138 heavy (non-hydrogen) atoms. The van der Waals surface area contributed by atoms with Gasteiger partial charge in [0.15, 0.2) is 10.1 Å². The number of rotatable bonds is 13. The third-order valence-electron chi connectivity index (χ3n) is 33.9. The molecule has 16 aliphatic carbocycles. The van der Waals surface area contributed by atoms with Crippen molar-refractivity contribution in [1.29, 1.82) is 0 Å². The lowest BCUT2D eigenvalue weighted by Crippen LogP contribution is -2.51. The van der Waals surface area contributed by atoms with Gasteiger partial charge in [0, 0.05) is 96.2 Å². The first-order chi connectivity index (χ1) is 65.4. The van der Waals surface area contributed by atoms with Crippen molar-refractivity contribution in [2.45, 2.75) is 294 Å². The van der Waals surface area contributed by atoms with Crippen molar-refractivity contribution in [2.24, 2.45) is 110 Å². The van der Waals surface area contributed by atoms with Gasteiger partial charge in [-0.3, -0.25) is 14.5 Å². The number of aromatic nitrogens is 4. The van der Waals surface area contributed by atoms with Crippen molar-refractivity contribution in [3.63, 3.8) is 0 Å². The molecule has 2 atom stereocenters. The smallest absolute Gasteiger partial charge is 0.408 e. The predicted octanol–water partition coefficient (Wildman–Crippen LogP) is 16.3. The number of ether oxygens (including phenoxy) is 2. The van der Waals surface area contributed by atoms with Crippen LogP contribution in [0.2, 0.25) is 5.15 Å². The maximum Gasteiger partial charge on any atom is 0.408 e. The van der Waals surface area contributed by atoms with Gasteiger partial charge in [-0.2, -0.15) is 16.8 Å². The normalized spacial score (nSPS) is 33.3. The Morgan fingerprint density at radius 2 is 0.884 bits per heavy atom. The summed E-state index contributed by atoms with van der Waals surface area (Å²) in [7, 11) is -8.40. The van der Waals surface area contributed by atoms with Crippen LogP contribution in [0.4, 0.5) is 48.3 Å². The number of nitrogens with zero attached hydrogens (tertiary/aromatic N) is 9. The molecule has 758 valence electrons. The predicted molar refractivity (Wildman–Crippen MR) is 534 cm³/mol. The Labute approximate surface area is 823 Å². The molecular formula is C104H155ClN18O13S2. The number of hydrogen-bond acceptors (Lipinski definition) is 23. The first kappa shape index (κ1) is 101. The van der Waals surface area contributed by atoms with Gasteiger partial charge in [0.1, 0.15) is 51.7 Å². The summed E-state index contributed by atoms with van der Waals surface area (Å²) >= 11 is 6.14. The van der Waals surface area contributed by atoms with E-state index in [9.17, 15) is 50.4 Å². The Morgan fingerprint density at radius 1 is 0.478 bits per heavy atom. The van der Waals surface area contributed by atoms with E-state index in [-0.39, 0.29) is 67.5 Å². The monoisotopic (exact) mass is 1960 g/mol. The lowest BCUT2D eigenvalue weighted by molar-refractivity contribution is -0.107. The highest BCUT2D eigenvalue weighted by atomic mass is 35.5. The van der Waals surface area contributed by atoms with Crippen LogP contribution >= 0.6 is 11.6 Å². The highest BCUT2D eigenvalue weighted by Gasteiger charge is 2.57. The highest BCUT2D eigenvalue weighted by Crippen LogP contribution is 2.64. The summed E-state index contributed by atoms with van der Waals surface area (Å²) in [6.45, 7) is 30.6. The number of anilines is 5. The van der Waals surface area contributed by atoms with Gasteiger partial charge in [0.25, 0.3) is 31.9 Å². The first-order valence-electron chi connectivity index (χ1n) is 52.1. The zero-order valence-electron chi connectivity index (χ0n) is 83.4. The van der Waals surface area contributed by atoms with Gasteiger partial charge in [-0.25, -0.2) is 48.6 Å². The lowest BCUT2D eigenvalue weighted by atomic mass is 9.49. The molecule has 31 nitrogen and oxygen atoms in total. The highest BCUT2D eigenvalue weighted by molar-refractivity contribution is 7.90. The molecule has 4 aromatic heterocycles. The van der Waals surface area contributed by atoms with Crippen LogP contribution in [-0.4, -0.2) is 209 Å². The number of sulfonamides is 2. The summed E-state index contributed by atoms with van der Waals surface area (Å²) in [5.41, 5.74) is 6.73. The Morgan fingerprint density at radius 3 is 1.30 bits per heavy atom. The molecule has 0 spiro atoms. The minimum absolute atomic E-state index is 0.00505. The van der Waals surface area contributed by atoms with E-state index in [0.29, 0.717) is 103 Å². The molecular weight excluding hydrogens is 1810 g/mol. The fraction of sp³-hybridized carbons (Fsp3) is 0.740. The van der Waals surface area contributed by atoms with E-state index < -0.39 is 49.2 Å². The van der Waals surface area contributed by atoms with E-state index in [1.165, 1.54) is 178 Å². The fourth-order valence-corrected chi connectivity index (χ4v) is 32.5. The van der Waals surface area contributed by atoms with E-state index >= 15 is 0 Å². The third kappa shape index (κ3) is 24.2. The number of alkyl carbamates (subject to hydrolysis) is 2. The number of amides is 8. The molecule has 6 aliphatic heterocycles. The molecule has 26 rings (SSSR count). The minimum Gasteiger partial charge on any atom is -0.444 e. The van der Waals surface area contributed by atoms with Crippen molar-refractivity contribution in [1.82, 2.24) is 60.4 Å². The van der Waals surface area contributed by atoms with Gasteiger partial charge in [0.2, 0.25) is 0 Å². The van der Waals surface area contributed by atoms with Crippen molar-refractivity contribution >= 4 is 103 Å². The number of carbonyl (C=O) groups excluding carboxylic acids is 7. The molecule has 16 saturated carbocycles. The second-order valence-corrected chi connectivity index (χ2v) is 52.4. The van der Waals surface area contributed by atoms with Crippen molar-refractivity contribution < 1.29 is 59.9 Å². The Kier molecular flexibility index (Phi) is 29.9. The SMILES string of the molecule is CC(C)(C)OC(=O)NCC=O.CC(C)(C)OC(=O)NCCNCC12CC3CC(CC(C3)C1)C2.CC1(C)C[C@@H]2CCCNc3cccc(n3)S(=O)(=O)NC(=O)c3ccc(Cl)nc3N1C2.CC1(C)C[C@@H]2CCCNc3cccc(n3)S(=O)(=O)NC(=O)c3ccc(N4CCN(CC56CC7CC(CC(C7)C5)C6)C4=O)nc3N1C2.NCC12CC3CC(CC(C3)C1)C2.O=C1NCCN1CC12CC3CC(CC(C3)C1)C2. The van der Waals surface area contributed by atoms with Crippen LogP contribution in [0.5, 0.6) is 0 Å². The number of aldehydes is 1. The van der Waals surface area contributed by atoms with E-state index in [4.69, 9.17) is 31.8 Å². The second kappa shape index (κ2) is 40.8. The maximum atomic E-state index is 14.0. The first-order valence-corrected chi connectivity index (χ1v) is 55.4. The number of nitrogens with two attached hydrogens (primary N) is 1. The van der Waals surface area contributed by atoms with E-state index in [2.05, 4.69) is 98.7 Å². The van der Waals surface area contributed by atoms with Crippen LogP contribution in [0, 0.1) is 105 Å². The topological polar surface area (TPSA) is 396 Å². The second-order valence-electron chi connectivity index (χ2n) is 48.8. The number of halogens is 1. The van der Waals surface area contributed by atoms with Gasteiger partial charge in [-0.1, -0.05) is 23.7 Å². The quantitative estimate of drug-likeness (QED) is 0.0341. The molecule has 34 heteroatoms. The van der Waals surface area contributed by atoms with Crippen molar-refractivity contribution in [3.05, 3.63) is 76.9 Å². The molecule has 0 aromatic carbocycles. The minimum atomic E-state index is -4.25. The van der Waals surface area contributed by atoms with Gasteiger partial charge in [-0.15, -0.1) is 0 Å². The number of fused-ring (bicyclic) bond motifs is 12. The fourth-order valence-electron chi connectivity index (χ4n) is 30.5. The van der Waals surface area contributed by atoms with Crippen molar-refractivity contribution in [3.8, 4) is 0 Å². The van der Waals surface area contributed by atoms with E-state index in [1.54, 1.807) is 62.1 Å². The van der Waals surface area contributed by atoms with Crippen LogP contribution in [0.3, 0.4) is 0 Å². The Hall–Kier alpha value is -8.40. The maximum absolute atomic E-state index is 14.0. The number of nitrogens with one attached hydrogen (secondary N) is 8. The average molecular weight is 1970 g/mol. The standard InChI is InChI=1S/C34H45N7O4S.C20H24ClN5O3S.C18H32N2O2.C14H22N2O.C11H19N.C7H13NO3/c1-33(2)16-22-5-4-10-35-27-6-3-7-29(36-27)46(44,45)38-31(42)26-8-9-28(37-30(26)41(33)20-22)40-12-11-39(32(40)43)21-34-17-23-13-24(18-34)15-25(14-23)19-34;1-20(2)11-13-5-4-10-22-16-6-3-7-17(24-16)30(28,29)25-19(27)14-8-9-15(21)23-18(14)26(20)12-13;1-17(2,3)22-16(21)20-5-4-19-12-18-9-13-6-14(10-18)8-15(7-13)11-18;17-13-15-1-2-16(13)9-14-6-10-3-11(7-14)5-12(4-10)8-14;12-7-11-4-8-1-9(5-11)3-10(2-8)6-11;1-7(2,3)11-6(10)8-4-5-9/h3,6-9,22-25H,4-5,10-21H2,1-2H3,(H,35,36)(H,38,42);3,6-9,13H,4-5,10-12H2,1-2H3,(H,22,24)(H,25,27);13-15,19H,4-12H2,1-3H3,(H,20,21);10-12H,1-9H2,(H,15,17);8-10H,1-7,12H2;5H,4H2,1-3H3,(H,8,10)/t22-,23?,24?,25?,34?;13-;;;;/m00..../s1. The number of urea groups is 2. The molecule has 4 aromatic rings. The lowest BCUT2D eigenvalue weighted by Gasteiger charge is -2.57. The molecule has 10 heterocycles. The molecule has 20 fully saturated rings. The van der Waals surface area contributed by atoms with Crippen LogP contribution < -0.4 is 61.8 Å². The third-order valence-corrected chi connectivity index (χ3v) is 36.6. The zero-order chi connectivity index (χ0) is 97.7. The van der Waals surface area contributed by atoms with Gasteiger partial charge in [-0.05, 0) is 421 Å². The molecule has 0 radical (unpaired) electrons. The summed E-state index contributed by atoms with van der Waals surface area (Å²) in [5, 5.41) is 17.8. The van der Waals surface area contributed by atoms with Gasteiger partial charge in [0.05, 0.1) is 17.7 Å². The molecule has 0 unspecified atom stereocenters. The van der Waals surface area contributed by atoms with Crippen molar-refractivity contribution in [2.75, 3.05) is 124 Å². The number of hydrogen-bond donors (Lipinski definition) is 9. The summed E-state index contributed by atoms with van der Waals surface area (Å²) in [6, 6.07) is 15.9.